The number of rotatable bonds is 5. The minimum atomic E-state index is -0.0542. The summed E-state index contributed by atoms with van der Waals surface area (Å²) in [6.45, 7) is 4.95. The number of hydrogen-bond acceptors (Lipinski definition) is 5. The van der Waals surface area contributed by atoms with Gasteiger partial charge in [-0.2, -0.15) is 0 Å². The first kappa shape index (κ1) is 17.3. The number of likely N-dealkylation sites (N-methyl/N-ethyl adjacent to an activating group) is 1. The predicted octanol–water partition coefficient (Wildman–Crippen LogP) is 4.08. The lowest BCUT2D eigenvalue weighted by molar-refractivity contribution is -0.121. The monoisotopic (exact) mass is 401 g/mol. The number of carbonyl (C=O) groups excluding carboxylic acids is 1. The van der Waals surface area contributed by atoms with Crippen LogP contribution in [0.5, 0.6) is 11.5 Å². The number of benzene rings is 1. The van der Waals surface area contributed by atoms with Gasteiger partial charge in [0.05, 0.1) is 23.1 Å². The SMILES string of the molecule is CCOc1c(Br)cc(/C=C2\SC(=S)N(CC)C2=O)cc1OC. The van der Waals surface area contributed by atoms with Crippen LogP contribution in [0.25, 0.3) is 6.08 Å². The number of thioether (sulfide) groups is 1. The molecule has 1 aliphatic heterocycles. The highest BCUT2D eigenvalue weighted by atomic mass is 79.9. The molecular weight excluding hydrogens is 386 g/mol. The second kappa shape index (κ2) is 7.48. The van der Waals surface area contributed by atoms with Gasteiger partial charge in [0.25, 0.3) is 5.91 Å². The summed E-state index contributed by atoms with van der Waals surface area (Å²) < 4.78 is 12.3. The Hall–Kier alpha value is -1.05. The fraction of sp³-hybridized carbons (Fsp3) is 0.333. The van der Waals surface area contributed by atoms with Gasteiger partial charge >= 0.3 is 0 Å². The van der Waals surface area contributed by atoms with E-state index in [1.807, 2.05) is 32.1 Å². The molecule has 22 heavy (non-hydrogen) atoms. The van der Waals surface area contributed by atoms with Crippen molar-refractivity contribution in [1.29, 1.82) is 0 Å². The lowest BCUT2D eigenvalue weighted by atomic mass is 10.2. The molecule has 1 aromatic rings. The van der Waals surface area contributed by atoms with Crippen molar-refractivity contribution in [2.75, 3.05) is 20.3 Å². The highest BCUT2D eigenvalue weighted by Gasteiger charge is 2.30. The topological polar surface area (TPSA) is 38.8 Å². The Kier molecular flexibility index (Phi) is 5.88. The van der Waals surface area contributed by atoms with Crippen molar-refractivity contribution in [2.45, 2.75) is 13.8 Å². The van der Waals surface area contributed by atoms with Crippen molar-refractivity contribution in [3.63, 3.8) is 0 Å². The average molecular weight is 402 g/mol. The molecule has 0 N–H and O–H groups in total. The molecule has 7 heteroatoms. The maximum atomic E-state index is 12.2. The van der Waals surface area contributed by atoms with Gasteiger partial charge in [-0.05, 0) is 53.5 Å². The second-order valence-corrected chi connectivity index (χ2v) is 6.92. The van der Waals surface area contributed by atoms with Crippen LogP contribution in [-0.2, 0) is 4.79 Å². The van der Waals surface area contributed by atoms with Gasteiger partial charge in [-0.25, -0.2) is 0 Å². The molecule has 4 nitrogen and oxygen atoms in total. The zero-order valence-corrected chi connectivity index (χ0v) is 15.7. The number of hydrogen-bond donors (Lipinski definition) is 0. The largest absolute Gasteiger partial charge is 0.493 e. The first-order chi connectivity index (χ1) is 10.5. The Labute approximate surface area is 148 Å². The molecule has 0 aromatic heterocycles. The van der Waals surface area contributed by atoms with E-state index in [2.05, 4.69) is 15.9 Å². The summed E-state index contributed by atoms with van der Waals surface area (Å²) in [5.74, 6) is 1.22. The maximum Gasteiger partial charge on any atom is 0.266 e. The summed E-state index contributed by atoms with van der Waals surface area (Å²) in [6.07, 6.45) is 1.82. The third-order valence-corrected chi connectivity index (χ3v) is 4.99. The summed E-state index contributed by atoms with van der Waals surface area (Å²) >= 11 is 10.0. The van der Waals surface area contributed by atoms with Gasteiger partial charge in [-0.3, -0.25) is 9.69 Å². The molecule has 0 radical (unpaired) electrons. The van der Waals surface area contributed by atoms with Crippen LogP contribution in [0.3, 0.4) is 0 Å². The number of methoxy groups -OCH3 is 1. The average Bonchev–Trinajstić information content (AvgIpc) is 2.75. The minimum Gasteiger partial charge on any atom is -0.493 e. The van der Waals surface area contributed by atoms with E-state index in [1.165, 1.54) is 11.8 Å². The van der Waals surface area contributed by atoms with Crippen LogP contribution in [-0.4, -0.2) is 35.4 Å². The number of halogens is 1. The van der Waals surface area contributed by atoms with E-state index in [0.29, 0.717) is 33.9 Å². The molecule has 118 valence electrons. The molecule has 0 spiro atoms. The molecule has 0 saturated carbocycles. The van der Waals surface area contributed by atoms with Crippen molar-refractivity contribution < 1.29 is 14.3 Å². The summed E-state index contributed by atoms with van der Waals surface area (Å²) in [5, 5.41) is 0. The van der Waals surface area contributed by atoms with E-state index in [4.69, 9.17) is 21.7 Å². The van der Waals surface area contributed by atoms with Gasteiger partial charge in [0.15, 0.2) is 11.5 Å². The molecular formula is C15H16BrNO3S2. The standard InChI is InChI=1S/C15H16BrNO3S2/c1-4-17-14(18)12(22-15(17)21)8-9-6-10(16)13(20-5-2)11(7-9)19-3/h6-8H,4-5H2,1-3H3/b12-8-. The van der Waals surface area contributed by atoms with Crippen molar-refractivity contribution in [3.05, 3.63) is 27.1 Å². The molecule has 0 aliphatic carbocycles. The molecule has 1 heterocycles. The predicted molar refractivity (Wildman–Crippen MR) is 97.4 cm³/mol. The lowest BCUT2D eigenvalue weighted by Crippen LogP contribution is -2.27. The third kappa shape index (κ3) is 3.47. The molecule has 1 saturated heterocycles. The van der Waals surface area contributed by atoms with E-state index in [1.54, 1.807) is 12.0 Å². The van der Waals surface area contributed by atoms with Crippen LogP contribution in [0.4, 0.5) is 0 Å². The van der Waals surface area contributed by atoms with Gasteiger partial charge in [0, 0.05) is 6.54 Å². The normalized spacial score (nSPS) is 16.5. The Morgan fingerprint density at radius 1 is 1.41 bits per heavy atom. The fourth-order valence-corrected chi connectivity index (χ4v) is 3.99. The van der Waals surface area contributed by atoms with E-state index in [0.717, 1.165) is 10.0 Å². The molecule has 0 atom stereocenters. The number of carbonyl (C=O) groups is 1. The van der Waals surface area contributed by atoms with Crippen LogP contribution < -0.4 is 9.47 Å². The fourth-order valence-electron chi connectivity index (χ4n) is 2.03. The zero-order chi connectivity index (χ0) is 16.3. The van der Waals surface area contributed by atoms with Crippen LogP contribution in [0, 0.1) is 0 Å². The summed E-state index contributed by atoms with van der Waals surface area (Å²) in [6, 6.07) is 3.74. The number of nitrogens with zero attached hydrogens (tertiary/aromatic N) is 1. The van der Waals surface area contributed by atoms with Crippen molar-refractivity contribution in [1.82, 2.24) is 4.90 Å². The van der Waals surface area contributed by atoms with Crippen molar-refractivity contribution >= 4 is 56.2 Å². The molecule has 1 fully saturated rings. The van der Waals surface area contributed by atoms with Crippen molar-refractivity contribution in [2.24, 2.45) is 0 Å². The van der Waals surface area contributed by atoms with Gasteiger partial charge in [-0.15, -0.1) is 0 Å². The Balaban J connectivity index is 2.38. The molecule has 2 rings (SSSR count). The summed E-state index contributed by atoms with van der Waals surface area (Å²) in [7, 11) is 1.59. The summed E-state index contributed by atoms with van der Waals surface area (Å²) in [4.78, 5) is 14.4. The van der Waals surface area contributed by atoms with E-state index < -0.39 is 0 Å². The lowest BCUT2D eigenvalue weighted by Gasteiger charge is -2.12. The highest BCUT2D eigenvalue weighted by Crippen LogP contribution is 2.39. The van der Waals surface area contributed by atoms with Gasteiger partial charge < -0.3 is 9.47 Å². The first-order valence-electron chi connectivity index (χ1n) is 6.77. The number of thiocarbonyl (C=S) groups is 1. The van der Waals surface area contributed by atoms with Crippen LogP contribution in [0.15, 0.2) is 21.5 Å². The zero-order valence-electron chi connectivity index (χ0n) is 12.5. The highest BCUT2D eigenvalue weighted by molar-refractivity contribution is 9.10. The maximum absolute atomic E-state index is 12.2. The van der Waals surface area contributed by atoms with Gasteiger partial charge in [-0.1, -0.05) is 24.0 Å². The van der Waals surface area contributed by atoms with Crippen LogP contribution in [0.2, 0.25) is 0 Å². The molecule has 0 bridgehead atoms. The summed E-state index contributed by atoms with van der Waals surface area (Å²) in [5.41, 5.74) is 0.851. The minimum absolute atomic E-state index is 0.0542. The smallest absolute Gasteiger partial charge is 0.266 e. The molecule has 1 aromatic carbocycles. The van der Waals surface area contributed by atoms with Gasteiger partial charge in [0.1, 0.15) is 4.32 Å². The van der Waals surface area contributed by atoms with Crippen LogP contribution >= 0.6 is 39.9 Å². The Morgan fingerprint density at radius 2 is 2.14 bits per heavy atom. The van der Waals surface area contributed by atoms with E-state index in [9.17, 15) is 4.79 Å². The molecule has 0 unspecified atom stereocenters. The first-order valence-corrected chi connectivity index (χ1v) is 8.79. The van der Waals surface area contributed by atoms with E-state index in [-0.39, 0.29) is 5.91 Å². The molecule has 1 aliphatic rings. The third-order valence-electron chi connectivity index (χ3n) is 3.03. The molecule has 1 amide bonds. The Morgan fingerprint density at radius 3 is 2.68 bits per heavy atom. The van der Waals surface area contributed by atoms with E-state index >= 15 is 0 Å². The second-order valence-electron chi connectivity index (χ2n) is 4.39. The van der Waals surface area contributed by atoms with Gasteiger partial charge in [0.2, 0.25) is 0 Å². The number of ether oxygens (including phenoxy) is 2. The number of amides is 1. The van der Waals surface area contributed by atoms with Crippen LogP contribution in [0.1, 0.15) is 19.4 Å². The Bertz CT molecular complexity index is 646. The van der Waals surface area contributed by atoms with Crippen molar-refractivity contribution in [3.8, 4) is 11.5 Å². The quantitative estimate of drug-likeness (QED) is 0.548.